The number of likely N-dealkylation sites (N-methyl/N-ethyl adjacent to an activating group) is 1. The topological polar surface area (TPSA) is 58.8 Å². The third-order valence-corrected chi connectivity index (χ3v) is 1.87. The van der Waals surface area contributed by atoms with E-state index in [1.165, 1.54) is 0 Å². The molecule has 5 nitrogen and oxygen atoms in total. The molecule has 0 fully saturated rings. The van der Waals surface area contributed by atoms with Gasteiger partial charge in [0.25, 0.3) is 0 Å². The van der Waals surface area contributed by atoms with Crippen LogP contribution in [0.4, 0.5) is 4.79 Å². The van der Waals surface area contributed by atoms with Gasteiger partial charge >= 0.3 is 6.09 Å². The van der Waals surface area contributed by atoms with Crippen molar-refractivity contribution in [3.05, 3.63) is 0 Å². The molecular weight excluding hydrogens is 206 g/mol. The fraction of sp³-hybridized carbons (Fsp3) is 0.909. The third kappa shape index (κ3) is 7.48. The Morgan fingerprint density at radius 3 is 2.12 bits per heavy atom. The number of hydrogen-bond donors (Lipinski definition) is 1. The molecule has 0 aliphatic heterocycles. The third-order valence-electron chi connectivity index (χ3n) is 1.87. The van der Waals surface area contributed by atoms with Crippen molar-refractivity contribution >= 4 is 6.09 Å². The van der Waals surface area contributed by atoms with Gasteiger partial charge in [-0.15, -0.1) is 0 Å². The van der Waals surface area contributed by atoms with Gasteiger partial charge in [-0.3, -0.25) is 0 Å². The van der Waals surface area contributed by atoms with Crippen molar-refractivity contribution in [2.45, 2.75) is 26.4 Å². The normalized spacial score (nSPS) is 11.7. The van der Waals surface area contributed by atoms with E-state index in [2.05, 4.69) is 0 Å². The summed E-state index contributed by atoms with van der Waals surface area (Å²) in [7, 11) is 3.94. The number of carbonyl (C=O) groups is 1. The van der Waals surface area contributed by atoms with Gasteiger partial charge in [0, 0.05) is 26.2 Å². The van der Waals surface area contributed by atoms with Crippen LogP contribution in [0.25, 0.3) is 0 Å². The van der Waals surface area contributed by atoms with Gasteiger partial charge in [-0.1, -0.05) is 0 Å². The minimum Gasteiger partial charge on any atom is -0.444 e. The van der Waals surface area contributed by atoms with E-state index in [0.717, 1.165) is 6.54 Å². The van der Waals surface area contributed by atoms with Crippen molar-refractivity contribution < 1.29 is 9.53 Å². The Bertz CT molecular complexity index is 212. The summed E-state index contributed by atoms with van der Waals surface area (Å²) in [6.07, 6.45) is -0.292. The lowest BCUT2D eigenvalue weighted by molar-refractivity contribution is 0.0246. The van der Waals surface area contributed by atoms with E-state index in [1.54, 1.807) is 4.90 Å². The van der Waals surface area contributed by atoms with Gasteiger partial charge in [0.05, 0.1) is 0 Å². The first kappa shape index (κ1) is 15.2. The first-order chi connectivity index (χ1) is 7.26. The van der Waals surface area contributed by atoms with Crippen molar-refractivity contribution in [1.82, 2.24) is 9.80 Å². The zero-order chi connectivity index (χ0) is 12.8. The summed E-state index contributed by atoms with van der Waals surface area (Å²) in [5, 5.41) is 0. The lowest BCUT2D eigenvalue weighted by Crippen LogP contribution is -2.42. The second-order valence-electron chi connectivity index (χ2n) is 5.06. The van der Waals surface area contributed by atoms with Gasteiger partial charge in [-0.25, -0.2) is 4.79 Å². The van der Waals surface area contributed by atoms with E-state index in [4.69, 9.17) is 10.5 Å². The lowest BCUT2D eigenvalue weighted by Gasteiger charge is -2.27. The highest BCUT2D eigenvalue weighted by Crippen LogP contribution is 2.09. The molecule has 0 aromatic carbocycles. The van der Waals surface area contributed by atoms with Crippen molar-refractivity contribution in [1.29, 1.82) is 0 Å². The zero-order valence-electron chi connectivity index (χ0n) is 11.1. The van der Waals surface area contributed by atoms with Gasteiger partial charge in [0.2, 0.25) is 0 Å². The van der Waals surface area contributed by atoms with E-state index in [1.807, 2.05) is 39.8 Å². The Hall–Kier alpha value is -0.810. The predicted molar refractivity (Wildman–Crippen MR) is 65.4 cm³/mol. The maximum atomic E-state index is 11.8. The lowest BCUT2D eigenvalue weighted by atomic mass is 10.2. The van der Waals surface area contributed by atoms with Crippen LogP contribution in [0.3, 0.4) is 0 Å². The van der Waals surface area contributed by atoms with Gasteiger partial charge in [0.15, 0.2) is 0 Å². The van der Waals surface area contributed by atoms with Crippen LogP contribution in [0.1, 0.15) is 20.8 Å². The fourth-order valence-electron chi connectivity index (χ4n) is 1.10. The maximum absolute atomic E-state index is 11.8. The number of nitrogens with two attached hydrogens (primary N) is 1. The minimum absolute atomic E-state index is 0.292. The second kappa shape index (κ2) is 6.70. The van der Waals surface area contributed by atoms with Crippen LogP contribution in [0.5, 0.6) is 0 Å². The van der Waals surface area contributed by atoms with E-state index >= 15 is 0 Å². The summed E-state index contributed by atoms with van der Waals surface area (Å²) in [5.74, 6) is 0. The van der Waals surface area contributed by atoms with Crippen LogP contribution in [0, 0.1) is 0 Å². The molecule has 0 heterocycles. The van der Waals surface area contributed by atoms with Crippen LogP contribution in [0.15, 0.2) is 0 Å². The minimum atomic E-state index is -0.456. The van der Waals surface area contributed by atoms with Crippen molar-refractivity contribution in [3.8, 4) is 0 Å². The Balaban J connectivity index is 4.23. The predicted octanol–water partition coefficient (Wildman–Crippen LogP) is 0.744. The molecule has 0 saturated heterocycles. The van der Waals surface area contributed by atoms with Gasteiger partial charge < -0.3 is 20.3 Å². The number of nitrogens with zero attached hydrogens (tertiary/aromatic N) is 2. The van der Waals surface area contributed by atoms with Crippen molar-refractivity contribution in [2.75, 3.05) is 40.3 Å². The number of hydrogen-bond acceptors (Lipinski definition) is 4. The quantitative estimate of drug-likeness (QED) is 0.758. The molecule has 96 valence electrons. The highest BCUT2D eigenvalue weighted by molar-refractivity contribution is 5.68. The van der Waals surface area contributed by atoms with E-state index in [0.29, 0.717) is 19.6 Å². The van der Waals surface area contributed by atoms with Gasteiger partial charge in [-0.05, 0) is 34.9 Å². The Morgan fingerprint density at radius 2 is 1.75 bits per heavy atom. The van der Waals surface area contributed by atoms with E-state index in [-0.39, 0.29) is 6.09 Å². The molecule has 16 heavy (non-hydrogen) atoms. The molecule has 0 aromatic rings. The summed E-state index contributed by atoms with van der Waals surface area (Å²) in [5.41, 5.74) is 5.02. The van der Waals surface area contributed by atoms with Gasteiger partial charge in [0.1, 0.15) is 5.60 Å². The summed E-state index contributed by atoms with van der Waals surface area (Å²) in [6.45, 7) is 8.00. The number of ether oxygens (including phenoxy) is 1. The number of carbonyl (C=O) groups excluding carboxylic acids is 1. The van der Waals surface area contributed by atoms with Crippen LogP contribution >= 0.6 is 0 Å². The van der Waals surface area contributed by atoms with Crippen molar-refractivity contribution in [2.24, 2.45) is 5.73 Å². The molecule has 0 unspecified atom stereocenters. The second-order valence-corrected chi connectivity index (χ2v) is 5.06. The SMILES string of the molecule is CN(C)CCN(CCN)C(=O)OC(C)(C)C. The van der Waals surface area contributed by atoms with Crippen molar-refractivity contribution in [3.63, 3.8) is 0 Å². The first-order valence-electron chi connectivity index (χ1n) is 5.59. The molecule has 0 saturated carbocycles. The molecule has 0 rings (SSSR count). The van der Waals surface area contributed by atoms with Crippen LogP contribution < -0.4 is 5.73 Å². The van der Waals surface area contributed by atoms with Crippen LogP contribution in [-0.2, 0) is 4.74 Å². The van der Waals surface area contributed by atoms with E-state index in [9.17, 15) is 4.79 Å². The zero-order valence-corrected chi connectivity index (χ0v) is 11.1. The molecule has 0 spiro atoms. The smallest absolute Gasteiger partial charge is 0.410 e. The van der Waals surface area contributed by atoms with Crippen LogP contribution in [0.2, 0.25) is 0 Å². The highest BCUT2D eigenvalue weighted by Gasteiger charge is 2.21. The molecule has 0 radical (unpaired) electrons. The standard InChI is InChI=1S/C11H25N3O2/c1-11(2,3)16-10(15)14(7-6-12)9-8-13(4)5/h6-9,12H2,1-5H3. The highest BCUT2D eigenvalue weighted by atomic mass is 16.6. The molecule has 0 aliphatic carbocycles. The number of rotatable bonds is 5. The molecule has 5 heteroatoms. The van der Waals surface area contributed by atoms with Gasteiger partial charge in [-0.2, -0.15) is 0 Å². The summed E-state index contributed by atoms with van der Waals surface area (Å²) < 4.78 is 5.30. The molecule has 0 bridgehead atoms. The molecule has 0 atom stereocenters. The fourth-order valence-corrected chi connectivity index (χ4v) is 1.10. The Morgan fingerprint density at radius 1 is 1.19 bits per heavy atom. The molecule has 0 aromatic heterocycles. The largest absolute Gasteiger partial charge is 0.444 e. The maximum Gasteiger partial charge on any atom is 0.410 e. The molecule has 0 aliphatic rings. The van der Waals surface area contributed by atoms with E-state index < -0.39 is 5.60 Å². The number of amides is 1. The monoisotopic (exact) mass is 231 g/mol. The molecule has 1 amide bonds. The summed E-state index contributed by atoms with van der Waals surface area (Å²) >= 11 is 0. The average molecular weight is 231 g/mol. The molecule has 2 N–H and O–H groups in total. The Kier molecular flexibility index (Phi) is 6.36. The summed E-state index contributed by atoms with van der Waals surface area (Å²) in [4.78, 5) is 15.5. The Labute approximate surface area is 98.5 Å². The summed E-state index contributed by atoms with van der Waals surface area (Å²) in [6, 6.07) is 0. The first-order valence-corrected chi connectivity index (χ1v) is 5.59. The molecular formula is C11H25N3O2. The van der Waals surface area contributed by atoms with Crippen LogP contribution in [-0.4, -0.2) is 61.8 Å². The average Bonchev–Trinajstić information content (AvgIpc) is 2.08.